The Morgan fingerprint density at radius 2 is 1.77 bits per heavy atom. The highest BCUT2D eigenvalue weighted by atomic mass is 127. The Bertz CT molecular complexity index is 1610. The first-order valence-electron chi connectivity index (χ1n) is 10.9. The molecule has 3 aromatic rings. The molecule has 206 valence electrons. The fraction of sp³-hybridized carbons (Fsp3) is 0.0800. The number of nitro benzene ring substituents is 1. The molecule has 0 aliphatic carbocycles. The highest BCUT2D eigenvalue weighted by Gasteiger charge is 2.38. The Morgan fingerprint density at radius 1 is 1.07 bits per heavy atom. The molecule has 0 radical (unpaired) electrons. The minimum absolute atomic E-state index is 0.0179. The molecule has 0 bridgehead atoms. The fourth-order valence-corrected chi connectivity index (χ4v) is 4.59. The first-order chi connectivity index (χ1) is 18.8. The van der Waals surface area contributed by atoms with Crippen molar-refractivity contribution in [2.45, 2.75) is 6.18 Å². The number of amides is 4. The van der Waals surface area contributed by atoms with Crippen molar-refractivity contribution in [3.8, 4) is 17.2 Å². The number of methoxy groups -OCH3 is 1. The van der Waals surface area contributed by atoms with E-state index in [1.807, 2.05) is 0 Å². The van der Waals surface area contributed by atoms with E-state index in [0.29, 0.717) is 17.0 Å². The van der Waals surface area contributed by atoms with Crippen LogP contribution in [0, 0.1) is 13.7 Å². The third-order valence-corrected chi connectivity index (χ3v) is 6.57. The van der Waals surface area contributed by atoms with Crippen molar-refractivity contribution < 1.29 is 42.0 Å². The number of anilines is 1. The number of nitro groups is 1. The highest BCUT2D eigenvalue weighted by Crippen LogP contribution is 2.42. The number of urea groups is 1. The molecule has 1 saturated heterocycles. The number of imide groups is 2. The van der Waals surface area contributed by atoms with Crippen LogP contribution in [0.1, 0.15) is 11.1 Å². The van der Waals surface area contributed by atoms with Crippen molar-refractivity contribution >= 4 is 69.5 Å². The molecule has 3 aromatic carbocycles. The highest BCUT2D eigenvalue weighted by molar-refractivity contribution is 14.1. The summed E-state index contributed by atoms with van der Waals surface area (Å²) in [5.41, 5.74) is -2.27. The number of carbonyl (C=O) groups excluding carboxylic acids is 3. The van der Waals surface area contributed by atoms with Crippen LogP contribution >= 0.6 is 34.2 Å². The Morgan fingerprint density at radius 3 is 2.40 bits per heavy atom. The number of benzene rings is 3. The fourth-order valence-electron chi connectivity index (χ4n) is 3.63. The lowest BCUT2D eigenvalue weighted by Crippen LogP contribution is -2.54. The Labute approximate surface area is 241 Å². The maximum absolute atomic E-state index is 13.2. The largest absolute Gasteiger partial charge is 0.493 e. The van der Waals surface area contributed by atoms with Crippen LogP contribution in [0.2, 0.25) is 5.02 Å². The van der Waals surface area contributed by atoms with Gasteiger partial charge in [0.25, 0.3) is 11.8 Å². The average Bonchev–Trinajstić information content (AvgIpc) is 2.88. The van der Waals surface area contributed by atoms with Gasteiger partial charge >= 0.3 is 17.9 Å². The van der Waals surface area contributed by atoms with Gasteiger partial charge in [0.05, 0.1) is 31.9 Å². The predicted octanol–water partition coefficient (Wildman–Crippen LogP) is 6.34. The zero-order valence-electron chi connectivity index (χ0n) is 19.9. The van der Waals surface area contributed by atoms with Crippen LogP contribution in [0.15, 0.2) is 60.2 Å². The summed E-state index contributed by atoms with van der Waals surface area (Å²) < 4.78 is 50.3. The van der Waals surface area contributed by atoms with E-state index >= 15 is 0 Å². The summed E-state index contributed by atoms with van der Waals surface area (Å²) in [6.07, 6.45) is -3.62. The number of rotatable bonds is 6. The number of nitrogens with one attached hydrogen (secondary N) is 1. The summed E-state index contributed by atoms with van der Waals surface area (Å²) >= 11 is 7.92. The smallest absolute Gasteiger partial charge is 0.416 e. The number of alkyl halides is 3. The number of carbonyl (C=O) groups is 3. The van der Waals surface area contributed by atoms with E-state index in [-0.39, 0.29) is 31.3 Å². The van der Waals surface area contributed by atoms with Gasteiger partial charge in [-0.3, -0.25) is 25.0 Å². The summed E-state index contributed by atoms with van der Waals surface area (Å²) in [7, 11) is 1.24. The summed E-state index contributed by atoms with van der Waals surface area (Å²) in [5, 5.41) is 13.6. The number of hydrogen-bond acceptors (Lipinski definition) is 7. The second-order valence-corrected chi connectivity index (χ2v) is 9.55. The van der Waals surface area contributed by atoms with E-state index in [1.165, 1.54) is 37.5 Å². The maximum atomic E-state index is 13.2. The normalized spacial score (nSPS) is 14.8. The van der Waals surface area contributed by atoms with Gasteiger partial charge < -0.3 is 9.47 Å². The number of halogens is 5. The molecule has 0 unspecified atom stereocenters. The van der Waals surface area contributed by atoms with E-state index in [2.05, 4.69) is 5.32 Å². The average molecular weight is 688 g/mol. The van der Waals surface area contributed by atoms with E-state index in [9.17, 15) is 37.7 Å². The number of barbiturate groups is 1. The molecule has 4 rings (SSSR count). The van der Waals surface area contributed by atoms with Crippen LogP contribution in [-0.2, 0) is 15.8 Å². The van der Waals surface area contributed by atoms with Gasteiger partial charge in [-0.05, 0) is 70.6 Å². The van der Waals surface area contributed by atoms with E-state index in [0.717, 1.165) is 6.07 Å². The number of para-hydroxylation sites is 1. The zero-order chi connectivity index (χ0) is 29.4. The third-order valence-electron chi connectivity index (χ3n) is 5.45. The summed E-state index contributed by atoms with van der Waals surface area (Å²) in [6, 6.07) is 9.61. The quantitative estimate of drug-likeness (QED) is 0.105. The summed E-state index contributed by atoms with van der Waals surface area (Å²) in [6.45, 7) is 0. The zero-order valence-corrected chi connectivity index (χ0v) is 22.8. The SMILES string of the molecule is COc1cc(/C=C2\C(=O)NC(=O)N(c3ccccc3Cl)C2=O)cc(I)c1Oc1ccc(C(F)(F)F)cc1[N+](=O)[O-]. The van der Waals surface area contributed by atoms with E-state index < -0.39 is 51.5 Å². The van der Waals surface area contributed by atoms with Gasteiger partial charge in [0.15, 0.2) is 11.5 Å². The lowest BCUT2D eigenvalue weighted by atomic mass is 10.1. The van der Waals surface area contributed by atoms with Crippen LogP contribution in [0.3, 0.4) is 0 Å². The number of nitrogens with zero attached hydrogens (tertiary/aromatic N) is 2. The first kappa shape index (κ1) is 28.8. The monoisotopic (exact) mass is 687 g/mol. The van der Waals surface area contributed by atoms with Gasteiger partial charge in [-0.1, -0.05) is 23.7 Å². The number of ether oxygens (including phenoxy) is 2. The van der Waals surface area contributed by atoms with Crippen LogP contribution < -0.4 is 19.7 Å². The molecule has 0 spiro atoms. The van der Waals surface area contributed by atoms with Gasteiger partial charge in [-0.2, -0.15) is 13.2 Å². The van der Waals surface area contributed by atoms with Crippen molar-refractivity contribution in [3.05, 3.63) is 90.0 Å². The first-order valence-corrected chi connectivity index (χ1v) is 12.3. The van der Waals surface area contributed by atoms with E-state index in [4.69, 9.17) is 21.1 Å². The van der Waals surface area contributed by atoms with Crippen molar-refractivity contribution in [1.82, 2.24) is 5.32 Å². The second kappa shape index (κ2) is 11.1. The second-order valence-electron chi connectivity index (χ2n) is 7.98. The lowest BCUT2D eigenvalue weighted by molar-refractivity contribution is -0.385. The summed E-state index contributed by atoms with van der Waals surface area (Å²) in [4.78, 5) is 49.3. The molecular weight excluding hydrogens is 674 g/mol. The molecule has 1 N–H and O–H groups in total. The van der Waals surface area contributed by atoms with Gasteiger partial charge in [0.1, 0.15) is 5.57 Å². The molecule has 1 fully saturated rings. The van der Waals surface area contributed by atoms with Crippen molar-refractivity contribution in [1.29, 1.82) is 0 Å². The van der Waals surface area contributed by atoms with Gasteiger partial charge in [0, 0.05) is 6.07 Å². The Kier molecular flexibility index (Phi) is 8.02. The lowest BCUT2D eigenvalue weighted by Gasteiger charge is -2.27. The molecule has 0 aromatic heterocycles. The summed E-state index contributed by atoms with van der Waals surface area (Å²) in [5.74, 6) is -2.48. The standard InChI is InChI=1S/C25H14ClF3IN3O7/c1-39-20-10-12(8-14-22(34)31-24(36)32(23(14)35)17-5-3-2-4-15(17)26)9-16(30)21(20)40-19-7-6-13(25(27,28)29)11-18(19)33(37)38/h2-11H,1H3,(H,31,34,36)/b14-8+. The molecular formula is C25H14ClF3IN3O7. The Balaban J connectivity index is 1.73. The van der Waals surface area contributed by atoms with Crippen LogP contribution in [-0.4, -0.2) is 29.9 Å². The Hall–Kier alpha value is -4.18. The van der Waals surface area contributed by atoms with Crippen molar-refractivity contribution in [2.24, 2.45) is 0 Å². The topological polar surface area (TPSA) is 128 Å². The van der Waals surface area contributed by atoms with Crippen molar-refractivity contribution in [2.75, 3.05) is 12.0 Å². The molecule has 0 saturated carbocycles. The van der Waals surface area contributed by atoms with Gasteiger partial charge in [0.2, 0.25) is 5.75 Å². The van der Waals surface area contributed by atoms with Gasteiger partial charge in [-0.15, -0.1) is 0 Å². The molecule has 0 atom stereocenters. The predicted molar refractivity (Wildman–Crippen MR) is 144 cm³/mol. The molecule has 15 heteroatoms. The number of hydrogen-bond donors (Lipinski definition) is 1. The maximum Gasteiger partial charge on any atom is 0.416 e. The molecule has 1 aliphatic rings. The molecule has 1 heterocycles. The molecule has 40 heavy (non-hydrogen) atoms. The van der Waals surface area contributed by atoms with Crippen molar-refractivity contribution in [3.63, 3.8) is 0 Å². The van der Waals surface area contributed by atoms with Crippen LogP contribution in [0.4, 0.5) is 29.3 Å². The molecule has 1 aliphatic heterocycles. The molecule has 4 amide bonds. The molecule has 10 nitrogen and oxygen atoms in total. The minimum Gasteiger partial charge on any atom is -0.493 e. The third kappa shape index (κ3) is 5.72. The van der Waals surface area contributed by atoms with Gasteiger partial charge in [-0.25, -0.2) is 9.69 Å². The van der Waals surface area contributed by atoms with Crippen LogP contribution in [0.25, 0.3) is 6.08 Å². The van der Waals surface area contributed by atoms with E-state index in [1.54, 1.807) is 34.7 Å². The minimum atomic E-state index is -4.81. The van der Waals surface area contributed by atoms with Crippen LogP contribution in [0.5, 0.6) is 17.2 Å².